The van der Waals surface area contributed by atoms with Crippen LogP contribution in [0.25, 0.3) is 0 Å². The molecule has 21 heavy (non-hydrogen) atoms. The zero-order valence-corrected chi connectivity index (χ0v) is 12.1. The molecule has 0 bridgehead atoms. The third kappa shape index (κ3) is 3.22. The van der Waals surface area contributed by atoms with E-state index >= 15 is 0 Å². The van der Waals surface area contributed by atoms with Gasteiger partial charge in [-0.05, 0) is 37.6 Å². The van der Waals surface area contributed by atoms with E-state index in [4.69, 9.17) is 27.3 Å². The molecule has 0 aliphatic carbocycles. The predicted molar refractivity (Wildman–Crippen MR) is 77.7 cm³/mol. The lowest BCUT2D eigenvalue weighted by Gasteiger charge is -2.13. The number of pyridine rings is 1. The van der Waals surface area contributed by atoms with Gasteiger partial charge in [-0.25, -0.2) is 9.37 Å². The second-order valence-corrected chi connectivity index (χ2v) is 4.83. The molecule has 1 aromatic carbocycles. The van der Waals surface area contributed by atoms with Crippen molar-refractivity contribution in [2.45, 2.75) is 13.8 Å². The summed E-state index contributed by atoms with van der Waals surface area (Å²) in [5.74, 6) is -0.214. The van der Waals surface area contributed by atoms with Crippen molar-refractivity contribution < 1.29 is 14.3 Å². The summed E-state index contributed by atoms with van der Waals surface area (Å²) >= 11 is 5.71. The Bertz CT molecular complexity index is 720. The maximum atomic E-state index is 13.2. The highest BCUT2D eigenvalue weighted by Gasteiger charge is 2.16. The number of aromatic nitrogens is 1. The topological polar surface area (TPSA) is 80.7 Å². The largest absolute Gasteiger partial charge is 0.438 e. The summed E-state index contributed by atoms with van der Waals surface area (Å²) in [6.45, 7) is 3.57. The molecule has 1 heterocycles. The fourth-order valence-corrected chi connectivity index (χ4v) is 2.06. The Labute approximate surface area is 125 Å². The number of nitrogens with two attached hydrogens (primary N) is 1. The summed E-state index contributed by atoms with van der Waals surface area (Å²) in [5.41, 5.74) is 7.45. The summed E-state index contributed by atoms with van der Waals surface area (Å²) in [4.78, 5) is 4.22. The molecule has 0 radical (unpaired) electrons. The summed E-state index contributed by atoms with van der Waals surface area (Å²) in [6.07, 6.45) is 0. The van der Waals surface area contributed by atoms with Crippen molar-refractivity contribution in [3.8, 4) is 11.6 Å². The van der Waals surface area contributed by atoms with E-state index in [1.54, 1.807) is 19.9 Å². The quantitative estimate of drug-likeness (QED) is 0.394. The molecule has 110 valence electrons. The first-order chi connectivity index (χ1) is 9.92. The number of hydrogen-bond donors (Lipinski definition) is 2. The van der Waals surface area contributed by atoms with Crippen molar-refractivity contribution in [3.05, 3.63) is 51.9 Å². The van der Waals surface area contributed by atoms with Gasteiger partial charge in [-0.3, -0.25) is 0 Å². The molecule has 0 saturated carbocycles. The van der Waals surface area contributed by atoms with E-state index in [1.165, 1.54) is 18.2 Å². The van der Waals surface area contributed by atoms with Crippen molar-refractivity contribution in [3.63, 3.8) is 0 Å². The van der Waals surface area contributed by atoms with Gasteiger partial charge >= 0.3 is 0 Å². The van der Waals surface area contributed by atoms with Crippen molar-refractivity contribution >= 4 is 17.4 Å². The number of amidine groups is 1. The molecule has 0 fully saturated rings. The van der Waals surface area contributed by atoms with E-state index in [9.17, 15) is 4.39 Å². The van der Waals surface area contributed by atoms with Crippen molar-refractivity contribution in [2.24, 2.45) is 10.9 Å². The molecule has 0 atom stereocenters. The van der Waals surface area contributed by atoms with Crippen LogP contribution in [0.4, 0.5) is 4.39 Å². The number of rotatable bonds is 3. The minimum Gasteiger partial charge on any atom is -0.438 e. The first kappa shape index (κ1) is 15.1. The number of hydrogen-bond acceptors (Lipinski definition) is 4. The highest BCUT2D eigenvalue weighted by molar-refractivity contribution is 6.30. The second-order valence-electron chi connectivity index (χ2n) is 4.42. The van der Waals surface area contributed by atoms with Crippen molar-refractivity contribution in [2.75, 3.05) is 0 Å². The standard InChI is InChI=1S/C14H13ClFN3O2/c1-7-5-8(2)18-14(12(7)13(17)19-20)21-9-3-4-11(16)10(15)6-9/h3-6,20H,1-2H3,(H2,17,19). The molecule has 2 rings (SSSR count). The zero-order valence-electron chi connectivity index (χ0n) is 11.4. The first-order valence-corrected chi connectivity index (χ1v) is 6.39. The van der Waals surface area contributed by atoms with Crippen molar-refractivity contribution in [1.29, 1.82) is 0 Å². The third-order valence-corrected chi connectivity index (χ3v) is 3.07. The van der Waals surface area contributed by atoms with Crippen LogP contribution in [0.5, 0.6) is 11.6 Å². The fraction of sp³-hybridized carbons (Fsp3) is 0.143. The van der Waals surface area contributed by atoms with Crippen LogP contribution in [0.15, 0.2) is 29.4 Å². The summed E-state index contributed by atoms with van der Waals surface area (Å²) in [5, 5.41) is 11.8. The van der Waals surface area contributed by atoms with Crippen LogP contribution < -0.4 is 10.5 Å². The van der Waals surface area contributed by atoms with E-state index in [2.05, 4.69) is 10.1 Å². The first-order valence-electron chi connectivity index (χ1n) is 6.01. The van der Waals surface area contributed by atoms with Gasteiger partial charge in [0.05, 0.1) is 10.6 Å². The monoisotopic (exact) mass is 309 g/mol. The lowest BCUT2D eigenvalue weighted by atomic mass is 10.1. The van der Waals surface area contributed by atoms with Crippen LogP contribution in [0.1, 0.15) is 16.8 Å². The SMILES string of the molecule is Cc1cc(C)c(C(N)=NO)c(Oc2ccc(F)c(Cl)c2)n1. The number of aryl methyl sites for hydroxylation is 2. The Balaban J connectivity index is 2.50. The van der Waals surface area contributed by atoms with Gasteiger partial charge in [0, 0.05) is 11.8 Å². The summed E-state index contributed by atoms with van der Waals surface area (Å²) in [7, 11) is 0. The number of benzene rings is 1. The highest BCUT2D eigenvalue weighted by Crippen LogP contribution is 2.29. The molecule has 5 nitrogen and oxygen atoms in total. The Kier molecular flexibility index (Phi) is 4.28. The molecule has 0 aliphatic heterocycles. The maximum Gasteiger partial charge on any atom is 0.230 e. The zero-order chi connectivity index (χ0) is 15.6. The van der Waals surface area contributed by atoms with E-state index in [1.807, 2.05) is 0 Å². The summed E-state index contributed by atoms with van der Waals surface area (Å²) in [6, 6.07) is 5.70. The Hall–Kier alpha value is -2.34. The number of halogens is 2. The molecule has 2 aromatic rings. The summed E-state index contributed by atoms with van der Waals surface area (Å²) < 4.78 is 18.7. The normalized spacial score (nSPS) is 11.5. The number of oxime groups is 1. The van der Waals surface area contributed by atoms with E-state index in [-0.39, 0.29) is 16.7 Å². The molecule has 3 N–H and O–H groups in total. The molecular weight excluding hydrogens is 297 g/mol. The smallest absolute Gasteiger partial charge is 0.230 e. The number of nitrogens with zero attached hydrogens (tertiary/aromatic N) is 2. The average molecular weight is 310 g/mol. The van der Waals surface area contributed by atoms with Crippen LogP contribution in [0.2, 0.25) is 5.02 Å². The molecule has 0 unspecified atom stereocenters. The van der Waals surface area contributed by atoms with Gasteiger partial charge in [0.1, 0.15) is 11.6 Å². The van der Waals surface area contributed by atoms with E-state index in [0.717, 1.165) is 5.56 Å². The molecule has 1 aromatic heterocycles. The van der Waals surface area contributed by atoms with E-state index < -0.39 is 5.82 Å². The van der Waals surface area contributed by atoms with Gasteiger partial charge < -0.3 is 15.7 Å². The van der Waals surface area contributed by atoms with Crippen LogP contribution >= 0.6 is 11.6 Å². The molecular formula is C14H13ClFN3O2. The maximum absolute atomic E-state index is 13.2. The minimum atomic E-state index is -0.547. The Morgan fingerprint density at radius 2 is 2.10 bits per heavy atom. The van der Waals surface area contributed by atoms with Gasteiger partial charge in [-0.2, -0.15) is 0 Å². The predicted octanol–water partition coefficient (Wildman–Crippen LogP) is 3.38. The Morgan fingerprint density at radius 3 is 2.71 bits per heavy atom. The molecule has 7 heteroatoms. The molecule has 0 amide bonds. The molecule has 0 saturated heterocycles. The second kappa shape index (κ2) is 5.97. The van der Waals surface area contributed by atoms with Gasteiger partial charge in [0.15, 0.2) is 5.84 Å². The van der Waals surface area contributed by atoms with Gasteiger partial charge in [-0.1, -0.05) is 16.8 Å². The van der Waals surface area contributed by atoms with Crippen LogP contribution in [0, 0.1) is 19.7 Å². The lowest BCUT2D eigenvalue weighted by molar-refractivity contribution is 0.318. The van der Waals surface area contributed by atoms with Crippen LogP contribution in [0.3, 0.4) is 0 Å². The van der Waals surface area contributed by atoms with Gasteiger partial charge in [0.2, 0.25) is 5.88 Å². The lowest BCUT2D eigenvalue weighted by Crippen LogP contribution is -2.17. The third-order valence-electron chi connectivity index (χ3n) is 2.78. The average Bonchev–Trinajstić information content (AvgIpc) is 2.41. The van der Waals surface area contributed by atoms with Gasteiger partial charge in [-0.15, -0.1) is 0 Å². The highest BCUT2D eigenvalue weighted by atomic mass is 35.5. The van der Waals surface area contributed by atoms with Gasteiger partial charge in [0.25, 0.3) is 0 Å². The molecule has 0 spiro atoms. The fourth-order valence-electron chi connectivity index (χ4n) is 1.89. The van der Waals surface area contributed by atoms with Crippen LogP contribution in [-0.2, 0) is 0 Å². The minimum absolute atomic E-state index is 0.0674. The Morgan fingerprint density at radius 1 is 1.38 bits per heavy atom. The van der Waals surface area contributed by atoms with Crippen molar-refractivity contribution in [1.82, 2.24) is 4.98 Å². The van der Waals surface area contributed by atoms with Crippen LogP contribution in [-0.4, -0.2) is 16.0 Å². The van der Waals surface area contributed by atoms with E-state index in [0.29, 0.717) is 17.0 Å². The number of ether oxygens (including phenoxy) is 1. The molecule has 0 aliphatic rings.